The van der Waals surface area contributed by atoms with Crippen LogP contribution in [0.5, 0.6) is 5.75 Å². The quantitative estimate of drug-likeness (QED) is 0.436. The smallest absolute Gasteiger partial charge is 0.240 e. The van der Waals surface area contributed by atoms with Crippen LogP contribution in [0.25, 0.3) is 6.08 Å². The third-order valence-corrected chi connectivity index (χ3v) is 7.71. The molecule has 2 aromatic carbocycles. The second-order valence-corrected chi connectivity index (χ2v) is 9.33. The first-order valence-corrected chi connectivity index (χ1v) is 11.6. The van der Waals surface area contributed by atoms with Crippen LogP contribution < -0.4 is 9.64 Å². The number of hydrogen-bond donors (Lipinski definition) is 0. The number of anilines is 1. The standard InChI is InChI=1S/C26H20N2O4S/c1-32-17-10-8-16(9-11-17)28-25(30)20-21(26(28)31)23(24(29)19-7-4-14-33-19)27-13-12-15-5-2-3-6-18(15)22(20)27/h2-14,20-23H,1H3/t20-,21+,22-,23+/m0/s1. The first-order valence-electron chi connectivity index (χ1n) is 10.7. The van der Waals surface area contributed by atoms with Crippen molar-refractivity contribution in [3.8, 4) is 5.75 Å². The lowest BCUT2D eigenvalue weighted by atomic mass is 9.84. The Labute approximate surface area is 194 Å². The Hall–Kier alpha value is -3.71. The number of hydrogen-bond acceptors (Lipinski definition) is 6. The molecule has 3 aliphatic rings. The highest BCUT2D eigenvalue weighted by molar-refractivity contribution is 7.12. The number of carbonyl (C=O) groups is 3. The van der Waals surface area contributed by atoms with Crippen LogP contribution in [0.4, 0.5) is 5.69 Å². The molecule has 0 spiro atoms. The van der Waals surface area contributed by atoms with Gasteiger partial charge in [0.2, 0.25) is 11.8 Å². The number of thiophene rings is 1. The van der Waals surface area contributed by atoms with Gasteiger partial charge >= 0.3 is 0 Å². The van der Waals surface area contributed by atoms with Crippen LogP contribution in [-0.2, 0) is 9.59 Å². The van der Waals surface area contributed by atoms with E-state index in [1.807, 2.05) is 52.9 Å². The van der Waals surface area contributed by atoms with Gasteiger partial charge in [0.1, 0.15) is 11.8 Å². The third kappa shape index (κ3) is 2.82. The molecule has 6 rings (SSSR count). The van der Waals surface area contributed by atoms with Gasteiger partial charge in [-0.1, -0.05) is 30.3 Å². The van der Waals surface area contributed by atoms with E-state index < -0.39 is 17.9 Å². The molecule has 6 nitrogen and oxygen atoms in total. The number of imide groups is 1. The molecule has 0 aliphatic carbocycles. The summed E-state index contributed by atoms with van der Waals surface area (Å²) in [5.41, 5.74) is 2.47. The summed E-state index contributed by atoms with van der Waals surface area (Å²) in [6.07, 6.45) is 3.83. The van der Waals surface area contributed by atoms with Crippen molar-refractivity contribution in [2.45, 2.75) is 12.1 Å². The average molecular weight is 457 g/mol. The summed E-state index contributed by atoms with van der Waals surface area (Å²) in [5, 5.41) is 1.85. The summed E-state index contributed by atoms with van der Waals surface area (Å²) in [4.78, 5) is 45.0. The molecule has 7 heteroatoms. The molecular weight excluding hydrogens is 436 g/mol. The van der Waals surface area contributed by atoms with Gasteiger partial charge in [0.25, 0.3) is 0 Å². The van der Waals surface area contributed by atoms with Crippen LogP contribution >= 0.6 is 11.3 Å². The van der Waals surface area contributed by atoms with Crippen molar-refractivity contribution in [3.05, 3.63) is 88.2 Å². The molecule has 4 atom stereocenters. The van der Waals surface area contributed by atoms with E-state index in [1.54, 1.807) is 37.4 Å². The number of fused-ring (bicyclic) bond motifs is 5. The van der Waals surface area contributed by atoms with Gasteiger partial charge in [-0.05, 0) is 52.9 Å². The van der Waals surface area contributed by atoms with Gasteiger partial charge < -0.3 is 9.64 Å². The van der Waals surface area contributed by atoms with Gasteiger partial charge in [0.05, 0.1) is 35.6 Å². The highest BCUT2D eigenvalue weighted by Crippen LogP contribution is 2.53. The predicted molar refractivity (Wildman–Crippen MR) is 125 cm³/mol. The Morgan fingerprint density at radius 1 is 0.939 bits per heavy atom. The van der Waals surface area contributed by atoms with Gasteiger partial charge in [0.15, 0.2) is 5.78 Å². The highest BCUT2D eigenvalue weighted by Gasteiger charge is 2.64. The zero-order valence-corrected chi connectivity index (χ0v) is 18.6. The Bertz CT molecular complexity index is 1300. The van der Waals surface area contributed by atoms with Crippen molar-refractivity contribution in [2.24, 2.45) is 11.8 Å². The minimum Gasteiger partial charge on any atom is -0.497 e. The van der Waals surface area contributed by atoms with Gasteiger partial charge in [-0.2, -0.15) is 0 Å². The van der Waals surface area contributed by atoms with Crippen LogP contribution in [0, 0.1) is 11.8 Å². The molecule has 164 valence electrons. The summed E-state index contributed by atoms with van der Waals surface area (Å²) in [6, 6.07) is 17.2. The molecule has 1 aromatic heterocycles. The Balaban J connectivity index is 1.48. The van der Waals surface area contributed by atoms with Crippen LogP contribution in [0.3, 0.4) is 0 Å². The van der Waals surface area contributed by atoms with E-state index in [1.165, 1.54) is 16.2 Å². The molecule has 2 fully saturated rings. The van der Waals surface area contributed by atoms with Crippen molar-refractivity contribution in [1.82, 2.24) is 4.90 Å². The summed E-state index contributed by atoms with van der Waals surface area (Å²) < 4.78 is 5.21. The lowest BCUT2D eigenvalue weighted by molar-refractivity contribution is -0.123. The van der Waals surface area contributed by atoms with Gasteiger partial charge in [0, 0.05) is 6.20 Å². The average Bonchev–Trinajstić information content (AvgIpc) is 3.55. The molecule has 0 bridgehead atoms. The number of amides is 2. The maximum atomic E-state index is 13.8. The number of nitrogens with zero attached hydrogens (tertiary/aromatic N) is 2. The minimum absolute atomic E-state index is 0.121. The first kappa shape index (κ1) is 19.9. The van der Waals surface area contributed by atoms with Crippen LogP contribution in [0.2, 0.25) is 0 Å². The highest BCUT2D eigenvalue weighted by atomic mass is 32.1. The first-order chi connectivity index (χ1) is 16.1. The third-order valence-electron chi connectivity index (χ3n) is 6.82. The second kappa shape index (κ2) is 7.42. The van der Waals surface area contributed by atoms with Gasteiger partial charge in [-0.3, -0.25) is 14.4 Å². The van der Waals surface area contributed by atoms with E-state index in [2.05, 4.69) is 0 Å². The summed E-state index contributed by atoms with van der Waals surface area (Å²) in [6.45, 7) is 0. The number of carbonyl (C=O) groups excluding carboxylic acids is 3. The molecule has 2 saturated heterocycles. The molecular formula is C26H20N2O4S. The lowest BCUT2D eigenvalue weighted by Gasteiger charge is -2.35. The molecule has 2 amide bonds. The second-order valence-electron chi connectivity index (χ2n) is 8.38. The molecule has 3 aliphatic heterocycles. The lowest BCUT2D eigenvalue weighted by Crippen LogP contribution is -2.44. The van der Waals surface area contributed by atoms with E-state index in [0.717, 1.165) is 11.1 Å². The summed E-state index contributed by atoms with van der Waals surface area (Å²) in [7, 11) is 1.56. The van der Waals surface area contributed by atoms with Crippen LogP contribution in [-0.4, -0.2) is 35.6 Å². The largest absolute Gasteiger partial charge is 0.497 e. The van der Waals surface area contributed by atoms with E-state index in [0.29, 0.717) is 16.3 Å². The fourth-order valence-corrected chi connectivity index (χ4v) is 6.11. The molecule has 3 aromatic rings. The Morgan fingerprint density at radius 3 is 2.42 bits per heavy atom. The summed E-state index contributed by atoms with van der Waals surface area (Å²) in [5.74, 6) is -1.47. The number of benzene rings is 2. The van der Waals surface area contributed by atoms with E-state index >= 15 is 0 Å². The number of ether oxygens (including phenoxy) is 1. The van der Waals surface area contributed by atoms with Crippen molar-refractivity contribution in [3.63, 3.8) is 0 Å². The molecule has 0 saturated carbocycles. The van der Waals surface area contributed by atoms with E-state index in [-0.39, 0.29) is 23.6 Å². The molecule has 0 unspecified atom stereocenters. The van der Waals surface area contributed by atoms with Crippen molar-refractivity contribution in [2.75, 3.05) is 12.0 Å². The van der Waals surface area contributed by atoms with Gasteiger partial charge in [-0.25, -0.2) is 4.90 Å². The molecule has 4 heterocycles. The van der Waals surface area contributed by atoms with E-state index in [9.17, 15) is 14.4 Å². The van der Waals surface area contributed by atoms with Crippen LogP contribution in [0.15, 0.2) is 72.2 Å². The monoisotopic (exact) mass is 456 g/mol. The van der Waals surface area contributed by atoms with Crippen molar-refractivity contribution < 1.29 is 19.1 Å². The summed E-state index contributed by atoms with van der Waals surface area (Å²) >= 11 is 1.36. The van der Waals surface area contributed by atoms with E-state index in [4.69, 9.17) is 4.74 Å². The zero-order valence-electron chi connectivity index (χ0n) is 17.8. The maximum Gasteiger partial charge on any atom is 0.240 e. The zero-order chi connectivity index (χ0) is 22.7. The number of rotatable bonds is 4. The Morgan fingerprint density at radius 2 is 1.70 bits per heavy atom. The fourth-order valence-electron chi connectivity index (χ4n) is 5.41. The molecule has 0 N–H and O–H groups in total. The number of methoxy groups -OCH3 is 1. The number of Topliss-reactive ketones (excluding diaryl/α,β-unsaturated/α-hetero) is 1. The fraction of sp³-hybridized carbons (Fsp3) is 0.192. The van der Waals surface area contributed by atoms with Crippen LogP contribution in [0.1, 0.15) is 26.8 Å². The van der Waals surface area contributed by atoms with Gasteiger partial charge in [-0.15, -0.1) is 11.3 Å². The normalized spacial score (nSPS) is 25.1. The van der Waals surface area contributed by atoms with Crippen molar-refractivity contribution >= 4 is 40.7 Å². The molecule has 0 radical (unpaired) electrons. The Kier molecular flexibility index (Phi) is 4.48. The number of ketones is 1. The maximum absolute atomic E-state index is 13.8. The predicted octanol–water partition coefficient (Wildman–Crippen LogP) is 4.16. The SMILES string of the molecule is COc1ccc(N2C(=O)[C@@H]3[C@H](C2=O)[C@@H]2c4ccccc4C=CN2[C@H]3C(=O)c2cccs2)cc1. The van der Waals surface area contributed by atoms with Crippen molar-refractivity contribution in [1.29, 1.82) is 0 Å². The topological polar surface area (TPSA) is 66.9 Å². The minimum atomic E-state index is -0.755. The molecule has 33 heavy (non-hydrogen) atoms.